The Morgan fingerprint density at radius 2 is 2.22 bits per heavy atom. The highest BCUT2D eigenvalue weighted by atomic mass is 79.9. The van der Waals surface area contributed by atoms with Gasteiger partial charge in [0.1, 0.15) is 0 Å². The van der Waals surface area contributed by atoms with Gasteiger partial charge in [-0.3, -0.25) is 4.79 Å². The number of carbonyl (C=O) groups is 1. The molecule has 0 spiro atoms. The largest absolute Gasteiger partial charge is 0.385 e. The van der Waals surface area contributed by atoms with Crippen molar-refractivity contribution in [1.82, 2.24) is 5.43 Å². The molecule has 23 heavy (non-hydrogen) atoms. The van der Waals surface area contributed by atoms with Gasteiger partial charge in [-0.1, -0.05) is 49.1 Å². The van der Waals surface area contributed by atoms with Crippen LogP contribution in [0.25, 0.3) is 0 Å². The van der Waals surface area contributed by atoms with Gasteiger partial charge in [-0.05, 0) is 30.5 Å². The van der Waals surface area contributed by atoms with E-state index in [4.69, 9.17) is 4.84 Å². The average Bonchev–Trinajstić information content (AvgIpc) is 3.04. The van der Waals surface area contributed by atoms with Gasteiger partial charge in [0.05, 0.1) is 16.8 Å². The summed E-state index contributed by atoms with van der Waals surface area (Å²) in [5, 5.41) is 9.74. The highest BCUT2D eigenvalue weighted by Gasteiger charge is 2.02. The quantitative estimate of drug-likeness (QED) is 0.521. The van der Waals surface area contributed by atoms with E-state index in [1.807, 2.05) is 42.6 Å². The highest BCUT2D eigenvalue weighted by Crippen LogP contribution is 2.20. The Kier molecular flexibility index (Phi) is 6.94. The molecule has 0 aliphatic rings. The molecule has 1 N–H and O–H groups in total. The first-order valence-corrected chi connectivity index (χ1v) is 9.00. The molecule has 0 atom stereocenters. The van der Waals surface area contributed by atoms with Crippen LogP contribution in [0.3, 0.4) is 0 Å². The van der Waals surface area contributed by atoms with E-state index in [9.17, 15) is 4.79 Å². The second-order valence-electron chi connectivity index (χ2n) is 4.39. The fourth-order valence-corrected chi connectivity index (χ4v) is 3.35. The van der Waals surface area contributed by atoms with E-state index in [0.717, 1.165) is 25.1 Å². The third kappa shape index (κ3) is 5.89. The van der Waals surface area contributed by atoms with Crippen molar-refractivity contribution in [3.8, 4) is 0 Å². The number of rotatable bonds is 6. The lowest BCUT2D eigenvalue weighted by atomic mass is 10.2. The van der Waals surface area contributed by atoms with Gasteiger partial charge in [0.15, 0.2) is 6.61 Å². The van der Waals surface area contributed by atoms with Crippen molar-refractivity contribution >= 4 is 61.0 Å². The van der Waals surface area contributed by atoms with Gasteiger partial charge in [0.2, 0.25) is 0 Å². The molecular weight excluding hydrogens is 446 g/mol. The summed E-state index contributed by atoms with van der Waals surface area (Å²) in [5.41, 5.74) is 3.97. The van der Waals surface area contributed by atoms with Crippen LogP contribution >= 0.6 is 43.2 Å². The molecule has 120 valence electrons. The molecule has 0 bridgehead atoms. The Bertz CT molecular complexity index is 730. The summed E-state index contributed by atoms with van der Waals surface area (Å²) in [4.78, 5) is 17.6. The molecule has 0 unspecified atom stereocenters. The molecule has 2 aromatic rings. The Hall–Kier alpha value is -1.51. The van der Waals surface area contributed by atoms with Crippen LogP contribution in [0.15, 0.2) is 54.9 Å². The molecule has 2 rings (SSSR count). The maximum absolute atomic E-state index is 11.6. The maximum atomic E-state index is 11.6. The number of amides is 1. The van der Waals surface area contributed by atoms with Gasteiger partial charge in [0, 0.05) is 14.5 Å². The highest BCUT2D eigenvalue weighted by molar-refractivity contribution is 9.11. The van der Waals surface area contributed by atoms with Gasteiger partial charge in [-0.2, -0.15) is 5.10 Å². The lowest BCUT2D eigenvalue weighted by Gasteiger charge is -2.01. The van der Waals surface area contributed by atoms with E-state index >= 15 is 0 Å². The van der Waals surface area contributed by atoms with Crippen LogP contribution < -0.4 is 5.43 Å². The Morgan fingerprint density at radius 1 is 1.39 bits per heavy atom. The van der Waals surface area contributed by atoms with Gasteiger partial charge in [-0.15, -0.1) is 11.3 Å². The summed E-state index contributed by atoms with van der Waals surface area (Å²) >= 11 is 8.35. The number of halogens is 2. The normalized spacial score (nSPS) is 11.7. The number of benzene rings is 1. The molecule has 0 saturated carbocycles. The van der Waals surface area contributed by atoms with Crippen LogP contribution in [0.5, 0.6) is 0 Å². The summed E-state index contributed by atoms with van der Waals surface area (Å²) in [6, 6.07) is 9.52. The number of nitrogens with zero attached hydrogens (tertiary/aromatic N) is 2. The maximum Gasteiger partial charge on any atom is 0.280 e. The average molecular weight is 459 g/mol. The van der Waals surface area contributed by atoms with Crippen LogP contribution in [0.4, 0.5) is 0 Å². The van der Waals surface area contributed by atoms with E-state index < -0.39 is 0 Å². The van der Waals surface area contributed by atoms with Crippen LogP contribution in [0.2, 0.25) is 0 Å². The number of nitrogens with one attached hydrogen (secondary N) is 1. The van der Waals surface area contributed by atoms with Crippen LogP contribution in [-0.2, 0) is 9.63 Å². The van der Waals surface area contributed by atoms with E-state index in [-0.39, 0.29) is 12.5 Å². The fourth-order valence-electron chi connectivity index (χ4n) is 1.53. The first kappa shape index (κ1) is 17.8. The van der Waals surface area contributed by atoms with E-state index in [1.54, 1.807) is 17.6 Å². The van der Waals surface area contributed by atoms with E-state index in [0.29, 0.717) is 0 Å². The van der Waals surface area contributed by atoms with Crippen molar-refractivity contribution in [2.45, 2.75) is 6.92 Å². The monoisotopic (exact) mass is 457 g/mol. The van der Waals surface area contributed by atoms with Crippen molar-refractivity contribution in [3.63, 3.8) is 0 Å². The van der Waals surface area contributed by atoms with Gasteiger partial charge in [-0.25, -0.2) is 5.43 Å². The van der Waals surface area contributed by atoms with Crippen LogP contribution in [0, 0.1) is 0 Å². The van der Waals surface area contributed by atoms with E-state index in [1.165, 1.54) is 0 Å². The molecule has 0 radical (unpaired) electrons. The molecule has 1 amide bonds. The van der Waals surface area contributed by atoms with E-state index in [2.05, 4.69) is 47.5 Å². The number of thiophene rings is 1. The zero-order valence-electron chi connectivity index (χ0n) is 12.1. The number of hydrogen-bond acceptors (Lipinski definition) is 5. The second kappa shape index (κ2) is 8.95. The molecule has 0 aliphatic carbocycles. The number of hydrogen-bond donors (Lipinski definition) is 1. The topological polar surface area (TPSA) is 63.0 Å². The van der Waals surface area contributed by atoms with Crippen molar-refractivity contribution in [1.29, 1.82) is 0 Å². The van der Waals surface area contributed by atoms with Crippen LogP contribution in [-0.4, -0.2) is 24.4 Å². The first-order valence-electron chi connectivity index (χ1n) is 6.53. The molecule has 1 aromatic heterocycles. The predicted molar refractivity (Wildman–Crippen MR) is 100 cm³/mol. The number of hydrazone groups is 1. The predicted octanol–water partition coefficient (Wildman–Crippen LogP) is 4.16. The molecule has 1 aromatic carbocycles. The zero-order chi connectivity index (χ0) is 16.7. The minimum absolute atomic E-state index is 0.193. The first-order chi connectivity index (χ1) is 11.1. The Balaban J connectivity index is 1.79. The molecule has 1 heterocycles. The Morgan fingerprint density at radius 3 is 2.91 bits per heavy atom. The third-order valence-electron chi connectivity index (χ3n) is 2.63. The zero-order valence-corrected chi connectivity index (χ0v) is 16.1. The SMILES string of the molecule is C/C(=N/OCC(=O)N/N=C\c1ccc(Br)cc1Br)c1cccs1. The lowest BCUT2D eigenvalue weighted by Crippen LogP contribution is -2.22. The van der Waals surface area contributed by atoms with Crippen molar-refractivity contribution < 1.29 is 9.63 Å². The Labute approximate surface area is 154 Å². The standard InChI is InChI=1S/C15H13Br2N3O2S/c1-10(14-3-2-6-23-14)20-22-9-15(21)19-18-8-11-4-5-12(16)7-13(11)17/h2-8H,9H2,1H3,(H,19,21)/b18-8-,20-10-. The molecule has 0 saturated heterocycles. The third-order valence-corrected chi connectivity index (χ3v) is 4.79. The number of oxime groups is 1. The summed E-state index contributed by atoms with van der Waals surface area (Å²) in [5.74, 6) is -0.378. The molecular formula is C15H13Br2N3O2S. The summed E-state index contributed by atoms with van der Waals surface area (Å²) in [7, 11) is 0. The molecule has 5 nitrogen and oxygen atoms in total. The van der Waals surface area contributed by atoms with Crippen molar-refractivity contribution in [2.75, 3.05) is 6.61 Å². The van der Waals surface area contributed by atoms with Gasteiger partial charge >= 0.3 is 0 Å². The number of carbonyl (C=O) groups excluding carboxylic acids is 1. The minimum atomic E-state index is -0.378. The molecule has 0 aliphatic heterocycles. The fraction of sp³-hybridized carbons (Fsp3) is 0.133. The van der Waals surface area contributed by atoms with Crippen molar-refractivity contribution in [2.24, 2.45) is 10.3 Å². The van der Waals surface area contributed by atoms with Gasteiger partial charge in [0.25, 0.3) is 5.91 Å². The lowest BCUT2D eigenvalue weighted by molar-refractivity contribution is -0.125. The smallest absolute Gasteiger partial charge is 0.280 e. The summed E-state index contributed by atoms with van der Waals surface area (Å²) in [6.45, 7) is 1.63. The molecule has 8 heteroatoms. The second-order valence-corrected chi connectivity index (χ2v) is 7.10. The van der Waals surface area contributed by atoms with Crippen molar-refractivity contribution in [3.05, 3.63) is 55.1 Å². The summed E-state index contributed by atoms with van der Waals surface area (Å²) in [6.07, 6.45) is 1.55. The molecule has 0 fully saturated rings. The van der Waals surface area contributed by atoms with Gasteiger partial charge < -0.3 is 4.84 Å². The minimum Gasteiger partial charge on any atom is -0.385 e. The van der Waals surface area contributed by atoms with Crippen LogP contribution in [0.1, 0.15) is 17.4 Å². The summed E-state index contributed by atoms with van der Waals surface area (Å²) < 4.78 is 1.83.